The van der Waals surface area contributed by atoms with Crippen LogP contribution in [0.5, 0.6) is 0 Å². The zero-order chi connectivity index (χ0) is 13.2. The molecule has 0 spiro atoms. The Bertz CT molecular complexity index is 419. The molecule has 4 N–H and O–H groups in total. The van der Waals surface area contributed by atoms with Crippen molar-refractivity contribution in [1.82, 2.24) is 0 Å². The number of halogens is 2. The molecule has 0 unspecified atom stereocenters. The van der Waals surface area contributed by atoms with E-state index in [1.54, 1.807) is 6.07 Å². The van der Waals surface area contributed by atoms with E-state index in [9.17, 15) is 4.39 Å². The molecule has 1 aliphatic rings. The zero-order valence-electron chi connectivity index (χ0n) is 10.2. The predicted octanol–water partition coefficient (Wildman–Crippen LogP) is 1.83. The first-order chi connectivity index (χ1) is 8.54. The second-order valence-electron chi connectivity index (χ2n) is 4.98. The number of hydrogen-bond donors (Lipinski definition) is 2. The van der Waals surface area contributed by atoms with Crippen molar-refractivity contribution in [3.05, 3.63) is 29.0 Å². The maximum absolute atomic E-state index is 13.1. The van der Waals surface area contributed by atoms with Gasteiger partial charge < -0.3 is 0 Å². The molecule has 1 fully saturated rings. The first-order valence-electron chi connectivity index (χ1n) is 6.18. The van der Waals surface area contributed by atoms with E-state index in [1.165, 1.54) is 6.07 Å². The van der Waals surface area contributed by atoms with Crippen molar-refractivity contribution in [2.45, 2.75) is 35.9 Å². The molecule has 0 atom stereocenters. The Hall–Kier alpha value is -0.0816. The van der Waals surface area contributed by atoms with Gasteiger partial charge in [0.2, 0.25) is 0 Å². The van der Waals surface area contributed by atoms with Gasteiger partial charge in [-0.05, 0) is 0 Å². The molecule has 1 aromatic carbocycles. The summed E-state index contributed by atoms with van der Waals surface area (Å²) in [5, 5.41) is 0.211. The summed E-state index contributed by atoms with van der Waals surface area (Å²) in [5.74, 6) is -0.353. The van der Waals surface area contributed by atoms with E-state index in [4.69, 9.17) is 23.1 Å². The third-order valence-corrected chi connectivity index (χ3v) is 7.34. The average molecular weight is 332 g/mol. The van der Waals surface area contributed by atoms with Gasteiger partial charge in [0.1, 0.15) is 0 Å². The number of rotatable bonds is 3. The third-order valence-electron chi connectivity index (χ3n) is 3.61. The number of hydrogen-bond acceptors (Lipinski definition) is 2. The minimum atomic E-state index is -0.353. The summed E-state index contributed by atoms with van der Waals surface area (Å²) in [7, 11) is 0. The second kappa shape index (κ2) is 5.92. The normalized spacial score (nSPS) is 29.0. The molecule has 1 saturated carbocycles. The van der Waals surface area contributed by atoms with Crippen LogP contribution in [0.4, 0.5) is 4.39 Å². The first kappa shape index (κ1) is 14.3. The van der Waals surface area contributed by atoms with Gasteiger partial charge in [0.15, 0.2) is 0 Å². The fourth-order valence-electron chi connectivity index (χ4n) is 2.37. The van der Waals surface area contributed by atoms with Crippen LogP contribution in [0.1, 0.15) is 25.7 Å². The Kier molecular flexibility index (Phi) is 4.71. The van der Waals surface area contributed by atoms with Crippen LogP contribution >= 0.6 is 11.6 Å². The molecule has 99 valence electrons. The van der Waals surface area contributed by atoms with Gasteiger partial charge >= 0.3 is 119 Å². The van der Waals surface area contributed by atoms with Crippen LogP contribution in [0.25, 0.3) is 0 Å². The first-order valence-corrected chi connectivity index (χ1v) is 8.44. The molecule has 1 radical (unpaired) electrons. The minimum absolute atomic E-state index is 0.0965. The van der Waals surface area contributed by atoms with E-state index in [0.717, 1.165) is 30.0 Å². The molecular formula is C13H18AsClFN2. The molecule has 0 aliphatic heterocycles. The van der Waals surface area contributed by atoms with Gasteiger partial charge in [0, 0.05) is 0 Å². The molecule has 2 rings (SSSR count). The summed E-state index contributed by atoms with van der Waals surface area (Å²) < 4.78 is 14.5. The second-order valence-corrected chi connectivity index (χ2v) is 8.93. The van der Waals surface area contributed by atoms with Crippen molar-refractivity contribution in [3.63, 3.8) is 0 Å². The summed E-state index contributed by atoms with van der Waals surface area (Å²) in [6.07, 6.45) is 4.25. The molecule has 0 bridgehead atoms. The fourth-order valence-corrected chi connectivity index (χ4v) is 5.78. The van der Waals surface area contributed by atoms with Crippen molar-refractivity contribution < 1.29 is 4.39 Å². The predicted molar refractivity (Wildman–Crippen MR) is 75.0 cm³/mol. The fraction of sp³-hybridized carbons (Fsp3) is 0.538. The van der Waals surface area contributed by atoms with Gasteiger partial charge in [-0.25, -0.2) is 0 Å². The Morgan fingerprint density at radius 3 is 2.61 bits per heavy atom. The van der Waals surface area contributed by atoms with Crippen LogP contribution in [-0.4, -0.2) is 28.3 Å². The Morgan fingerprint density at radius 2 is 2.06 bits per heavy atom. The van der Waals surface area contributed by atoms with Gasteiger partial charge in [0.05, 0.1) is 0 Å². The summed E-state index contributed by atoms with van der Waals surface area (Å²) in [4.78, 5) is 0. The van der Waals surface area contributed by atoms with E-state index in [-0.39, 0.29) is 30.8 Å². The summed E-state index contributed by atoms with van der Waals surface area (Å²) in [6, 6.07) is 5.37. The zero-order valence-corrected chi connectivity index (χ0v) is 12.8. The van der Waals surface area contributed by atoms with Crippen molar-refractivity contribution >= 4 is 31.7 Å². The van der Waals surface area contributed by atoms with Crippen molar-refractivity contribution in [3.8, 4) is 0 Å². The van der Waals surface area contributed by atoms with Crippen LogP contribution < -0.4 is 15.8 Å². The van der Waals surface area contributed by atoms with Crippen LogP contribution in [0.3, 0.4) is 0 Å². The Balaban J connectivity index is 2.12. The van der Waals surface area contributed by atoms with Crippen molar-refractivity contribution in [2.24, 2.45) is 11.5 Å². The number of benzene rings is 1. The molecule has 1 aliphatic carbocycles. The van der Waals surface area contributed by atoms with Crippen molar-refractivity contribution in [2.75, 3.05) is 6.54 Å². The van der Waals surface area contributed by atoms with E-state index >= 15 is 0 Å². The van der Waals surface area contributed by atoms with Crippen LogP contribution in [0.2, 0.25) is 9.23 Å². The van der Waals surface area contributed by atoms with Crippen LogP contribution in [0, 0.1) is 5.82 Å². The number of nitrogens with two attached hydrogens (primary N) is 2. The topological polar surface area (TPSA) is 52.0 Å². The summed E-state index contributed by atoms with van der Waals surface area (Å²) >= 11 is 5.74. The standard InChI is InChI=1S/C13H18AsClFN2/c15-11-7-9(1-2-12(11)16)14-13(8-17)5-3-10(18)4-6-13/h1-2,7,10H,3-6,8,17-18H2. The molecular weight excluding hydrogens is 314 g/mol. The molecule has 0 saturated heterocycles. The molecule has 1 aromatic rings. The molecule has 18 heavy (non-hydrogen) atoms. The van der Waals surface area contributed by atoms with Gasteiger partial charge in [-0.2, -0.15) is 0 Å². The van der Waals surface area contributed by atoms with Gasteiger partial charge in [-0.3, -0.25) is 0 Å². The third kappa shape index (κ3) is 3.27. The molecule has 0 aromatic heterocycles. The van der Waals surface area contributed by atoms with E-state index in [2.05, 4.69) is 0 Å². The Labute approximate surface area is 119 Å². The van der Waals surface area contributed by atoms with Crippen molar-refractivity contribution in [1.29, 1.82) is 0 Å². The molecule has 0 heterocycles. The average Bonchev–Trinajstić information content (AvgIpc) is 2.37. The quantitative estimate of drug-likeness (QED) is 0.830. The van der Waals surface area contributed by atoms with Gasteiger partial charge in [0.25, 0.3) is 0 Å². The van der Waals surface area contributed by atoms with E-state index in [0.29, 0.717) is 12.6 Å². The van der Waals surface area contributed by atoms with E-state index in [1.807, 2.05) is 6.07 Å². The monoisotopic (exact) mass is 331 g/mol. The molecule has 2 nitrogen and oxygen atoms in total. The van der Waals surface area contributed by atoms with E-state index < -0.39 is 0 Å². The maximum atomic E-state index is 13.1. The molecule has 0 amide bonds. The van der Waals surface area contributed by atoms with Gasteiger partial charge in [-0.15, -0.1) is 0 Å². The van der Waals surface area contributed by atoms with Crippen LogP contribution in [-0.2, 0) is 0 Å². The molecule has 5 heteroatoms. The SMILES string of the molecule is NCC1([As]c2ccc(F)c(Cl)c2)CCC(N)CC1. The summed E-state index contributed by atoms with van der Waals surface area (Å²) in [6.45, 7) is 0.689. The van der Waals surface area contributed by atoms with Crippen LogP contribution in [0.15, 0.2) is 18.2 Å². The summed E-state index contributed by atoms with van der Waals surface area (Å²) in [5.41, 5.74) is 11.9. The Morgan fingerprint density at radius 1 is 1.39 bits per heavy atom. The van der Waals surface area contributed by atoms with Gasteiger partial charge in [-0.1, -0.05) is 0 Å².